The van der Waals surface area contributed by atoms with Gasteiger partial charge in [0.2, 0.25) is 11.8 Å². The Morgan fingerprint density at radius 1 is 0.839 bits per heavy atom. The Hall–Kier alpha value is -2.82. The number of benzene rings is 2. The summed E-state index contributed by atoms with van der Waals surface area (Å²) in [4.78, 5) is 25.1. The summed E-state index contributed by atoms with van der Waals surface area (Å²) in [6.45, 7) is 6.07. The molecule has 0 aliphatic carbocycles. The van der Waals surface area contributed by atoms with E-state index in [9.17, 15) is 9.59 Å². The summed E-state index contributed by atoms with van der Waals surface area (Å²) < 4.78 is 5.78. The molecule has 0 saturated carbocycles. The van der Waals surface area contributed by atoms with E-state index >= 15 is 0 Å². The molecule has 0 aromatic heterocycles. The molecule has 1 atom stereocenters. The van der Waals surface area contributed by atoms with E-state index in [-0.39, 0.29) is 17.7 Å². The molecule has 0 fully saturated rings. The lowest BCUT2D eigenvalue weighted by molar-refractivity contribution is -0.127. The second-order valence-corrected chi connectivity index (χ2v) is 8.24. The number of carbonyl (C=O) groups is 2. The minimum absolute atomic E-state index is 0.00538. The third-order valence-corrected chi connectivity index (χ3v) is 5.12. The molecule has 2 amide bonds. The van der Waals surface area contributed by atoms with Gasteiger partial charge in [-0.05, 0) is 48.7 Å². The van der Waals surface area contributed by atoms with Gasteiger partial charge >= 0.3 is 0 Å². The number of hydrogen-bond acceptors (Lipinski definition) is 3. The van der Waals surface area contributed by atoms with E-state index in [1.165, 1.54) is 25.7 Å². The zero-order valence-electron chi connectivity index (χ0n) is 19.0. The zero-order valence-corrected chi connectivity index (χ0v) is 19.0. The number of unbranched alkanes of at least 4 members (excludes halogenated alkanes) is 5. The van der Waals surface area contributed by atoms with Gasteiger partial charge in [-0.25, -0.2) is 0 Å². The summed E-state index contributed by atoms with van der Waals surface area (Å²) in [6, 6.07) is 16.2. The lowest BCUT2D eigenvalue weighted by atomic mass is 10.0. The SMILES string of the molecule is CCCCCCCCC(=O)NC(C(=O)Nc1ccc(Oc2ccccc2)cc1)C(C)C. The van der Waals surface area contributed by atoms with Gasteiger partial charge in [-0.15, -0.1) is 0 Å². The summed E-state index contributed by atoms with van der Waals surface area (Å²) in [5.74, 6) is 1.18. The molecule has 0 radical (unpaired) electrons. The summed E-state index contributed by atoms with van der Waals surface area (Å²) >= 11 is 0. The van der Waals surface area contributed by atoms with Crippen LogP contribution in [0.4, 0.5) is 5.69 Å². The fraction of sp³-hybridized carbons (Fsp3) is 0.462. The highest BCUT2D eigenvalue weighted by Crippen LogP contribution is 2.23. The maximum absolute atomic E-state index is 12.8. The molecule has 0 bridgehead atoms. The summed E-state index contributed by atoms with van der Waals surface area (Å²) in [7, 11) is 0. The Morgan fingerprint density at radius 2 is 1.45 bits per heavy atom. The molecule has 2 aromatic carbocycles. The molecule has 31 heavy (non-hydrogen) atoms. The van der Waals surface area contributed by atoms with Crippen LogP contribution in [0.25, 0.3) is 0 Å². The van der Waals surface area contributed by atoms with Crippen LogP contribution in [0.5, 0.6) is 11.5 Å². The number of hydrogen-bond donors (Lipinski definition) is 2. The smallest absolute Gasteiger partial charge is 0.247 e. The van der Waals surface area contributed by atoms with Crippen molar-refractivity contribution in [2.75, 3.05) is 5.32 Å². The highest BCUT2D eigenvalue weighted by molar-refractivity contribution is 5.97. The van der Waals surface area contributed by atoms with E-state index in [2.05, 4.69) is 17.6 Å². The predicted molar refractivity (Wildman–Crippen MR) is 126 cm³/mol. The Bertz CT molecular complexity index is 788. The quantitative estimate of drug-likeness (QED) is 0.370. The van der Waals surface area contributed by atoms with Crippen LogP contribution in [0.2, 0.25) is 0 Å². The Labute approximate surface area is 186 Å². The lowest BCUT2D eigenvalue weighted by Crippen LogP contribution is -2.47. The third-order valence-electron chi connectivity index (χ3n) is 5.12. The number of nitrogens with one attached hydrogen (secondary N) is 2. The van der Waals surface area contributed by atoms with Gasteiger partial charge in [-0.2, -0.15) is 0 Å². The van der Waals surface area contributed by atoms with Crippen molar-refractivity contribution in [1.82, 2.24) is 5.32 Å². The molecule has 5 heteroatoms. The topological polar surface area (TPSA) is 67.4 Å². The van der Waals surface area contributed by atoms with Gasteiger partial charge < -0.3 is 15.4 Å². The van der Waals surface area contributed by atoms with Gasteiger partial charge in [0.15, 0.2) is 0 Å². The second-order valence-electron chi connectivity index (χ2n) is 8.24. The average molecular weight is 425 g/mol. The van der Waals surface area contributed by atoms with Crippen LogP contribution < -0.4 is 15.4 Å². The number of para-hydroxylation sites is 1. The van der Waals surface area contributed by atoms with E-state index in [1.54, 1.807) is 12.1 Å². The molecule has 2 aromatic rings. The largest absolute Gasteiger partial charge is 0.457 e. The van der Waals surface area contributed by atoms with Crippen molar-refractivity contribution in [3.8, 4) is 11.5 Å². The predicted octanol–water partition coefficient (Wildman–Crippen LogP) is 6.31. The van der Waals surface area contributed by atoms with E-state index in [1.807, 2.05) is 56.3 Å². The Morgan fingerprint density at radius 3 is 2.10 bits per heavy atom. The maximum Gasteiger partial charge on any atom is 0.247 e. The molecule has 0 spiro atoms. The van der Waals surface area contributed by atoms with Crippen LogP contribution in [-0.4, -0.2) is 17.9 Å². The third kappa shape index (κ3) is 9.24. The first kappa shape index (κ1) is 24.4. The molecule has 0 aliphatic heterocycles. The fourth-order valence-electron chi connectivity index (χ4n) is 3.30. The molecule has 2 N–H and O–H groups in total. The van der Waals surface area contributed by atoms with Gasteiger partial charge in [0.1, 0.15) is 17.5 Å². The highest BCUT2D eigenvalue weighted by Gasteiger charge is 2.24. The van der Waals surface area contributed by atoms with Gasteiger partial charge in [-0.1, -0.05) is 71.1 Å². The van der Waals surface area contributed by atoms with Crippen molar-refractivity contribution < 1.29 is 14.3 Å². The monoisotopic (exact) mass is 424 g/mol. The van der Waals surface area contributed by atoms with Gasteiger partial charge in [-0.3, -0.25) is 9.59 Å². The van der Waals surface area contributed by atoms with Gasteiger partial charge in [0.05, 0.1) is 0 Å². The standard InChI is InChI=1S/C26H36N2O3/c1-4-5-6-7-8-12-15-24(29)28-25(20(2)3)26(30)27-21-16-18-23(19-17-21)31-22-13-10-9-11-14-22/h9-11,13-14,16-20,25H,4-8,12,15H2,1-3H3,(H,27,30)(H,28,29). The average Bonchev–Trinajstić information content (AvgIpc) is 2.76. The van der Waals surface area contributed by atoms with Crippen molar-refractivity contribution in [2.24, 2.45) is 5.92 Å². The number of amides is 2. The van der Waals surface area contributed by atoms with Crippen LogP contribution >= 0.6 is 0 Å². The number of carbonyl (C=O) groups excluding carboxylic acids is 2. The number of anilines is 1. The minimum atomic E-state index is -0.562. The van der Waals surface area contributed by atoms with E-state index in [0.29, 0.717) is 17.9 Å². The summed E-state index contributed by atoms with van der Waals surface area (Å²) in [5, 5.41) is 5.81. The van der Waals surface area contributed by atoms with Crippen molar-refractivity contribution in [3.63, 3.8) is 0 Å². The normalized spacial score (nSPS) is 11.7. The first-order valence-electron chi connectivity index (χ1n) is 11.4. The molecule has 5 nitrogen and oxygen atoms in total. The van der Waals surface area contributed by atoms with Crippen molar-refractivity contribution in [2.45, 2.75) is 71.8 Å². The number of rotatable bonds is 13. The first-order valence-corrected chi connectivity index (χ1v) is 11.4. The highest BCUT2D eigenvalue weighted by atomic mass is 16.5. The van der Waals surface area contributed by atoms with Crippen LogP contribution in [0.3, 0.4) is 0 Å². The molecule has 0 heterocycles. The van der Waals surface area contributed by atoms with Crippen LogP contribution in [0, 0.1) is 5.92 Å². The molecule has 1 unspecified atom stereocenters. The van der Waals surface area contributed by atoms with Gasteiger partial charge in [0, 0.05) is 12.1 Å². The molecule has 168 valence electrons. The van der Waals surface area contributed by atoms with Crippen LogP contribution in [-0.2, 0) is 9.59 Å². The van der Waals surface area contributed by atoms with Crippen molar-refractivity contribution in [3.05, 3.63) is 54.6 Å². The molecule has 0 saturated heterocycles. The van der Waals surface area contributed by atoms with Crippen molar-refractivity contribution >= 4 is 17.5 Å². The fourth-order valence-corrected chi connectivity index (χ4v) is 3.30. The maximum atomic E-state index is 12.8. The Kier molecular flexibility index (Phi) is 10.6. The number of ether oxygens (including phenoxy) is 1. The van der Waals surface area contributed by atoms with Gasteiger partial charge in [0.25, 0.3) is 0 Å². The first-order chi connectivity index (χ1) is 15.0. The van der Waals surface area contributed by atoms with E-state index in [4.69, 9.17) is 4.74 Å². The Balaban J connectivity index is 1.82. The minimum Gasteiger partial charge on any atom is -0.457 e. The van der Waals surface area contributed by atoms with Crippen LogP contribution in [0.15, 0.2) is 54.6 Å². The molecule has 2 rings (SSSR count). The van der Waals surface area contributed by atoms with Crippen molar-refractivity contribution in [1.29, 1.82) is 0 Å². The summed E-state index contributed by atoms with van der Waals surface area (Å²) in [5.41, 5.74) is 0.668. The molecule has 0 aliphatic rings. The molecular weight excluding hydrogens is 388 g/mol. The summed E-state index contributed by atoms with van der Waals surface area (Å²) in [6.07, 6.45) is 7.25. The molecular formula is C26H36N2O3. The van der Waals surface area contributed by atoms with E-state index < -0.39 is 6.04 Å². The van der Waals surface area contributed by atoms with E-state index in [0.717, 1.165) is 18.6 Å². The van der Waals surface area contributed by atoms with Crippen LogP contribution in [0.1, 0.15) is 65.7 Å². The lowest BCUT2D eigenvalue weighted by Gasteiger charge is -2.22. The zero-order chi connectivity index (χ0) is 22.5. The second kappa shape index (κ2) is 13.5.